The fourth-order valence-electron chi connectivity index (χ4n) is 2.13. The molecule has 2 aromatic rings. The predicted octanol–water partition coefficient (Wildman–Crippen LogP) is 4.77. The molecule has 0 fully saturated rings. The lowest BCUT2D eigenvalue weighted by molar-refractivity contribution is -0.136. The van der Waals surface area contributed by atoms with Crippen LogP contribution in [-0.4, -0.2) is 16.9 Å². The zero-order valence-electron chi connectivity index (χ0n) is 12.4. The molecule has 0 radical (unpaired) electrons. The summed E-state index contributed by atoms with van der Waals surface area (Å²) in [5, 5.41) is 9.22. The molecule has 2 rings (SSSR count). The highest BCUT2D eigenvalue weighted by Crippen LogP contribution is 2.28. The highest BCUT2D eigenvalue weighted by atomic mass is 35.5. The van der Waals surface area contributed by atoms with Crippen LogP contribution >= 0.6 is 22.9 Å². The van der Waals surface area contributed by atoms with Crippen molar-refractivity contribution < 1.29 is 14.7 Å². The van der Waals surface area contributed by atoms with Crippen LogP contribution in [0.15, 0.2) is 30.3 Å². The third-order valence-electron chi connectivity index (χ3n) is 3.63. The van der Waals surface area contributed by atoms with Gasteiger partial charge in [0.2, 0.25) is 5.78 Å². The second-order valence-electron chi connectivity index (χ2n) is 5.21. The Labute approximate surface area is 138 Å². The van der Waals surface area contributed by atoms with Gasteiger partial charge < -0.3 is 5.11 Å². The summed E-state index contributed by atoms with van der Waals surface area (Å²) in [6, 6.07) is 8.86. The number of rotatable bonds is 6. The number of aliphatic carboxylic acids is 1. The van der Waals surface area contributed by atoms with E-state index in [1.54, 1.807) is 18.2 Å². The van der Waals surface area contributed by atoms with Crippen LogP contribution in [-0.2, 0) is 11.2 Å². The van der Waals surface area contributed by atoms with E-state index >= 15 is 0 Å². The quantitative estimate of drug-likeness (QED) is 0.773. The van der Waals surface area contributed by atoms with Gasteiger partial charge in [-0.15, -0.1) is 11.3 Å². The fourth-order valence-corrected chi connectivity index (χ4v) is 3.36. The van der Waals surface area contributed by atoms with Gasteiger partial charge in [0.15, 0.2) is 0 Å². The van der Waals surface area contributed by atoms with Crippen molar-refractivity contribution in [1.82, 2.24) is 0 Å². The van der Waals surface area contributed by atoms with Gasteiger partial charge >= 0.3 is 5.97 Å². The number of benzene rings is 1. The van der Waals surface area contributed by atoms with Gasteiger partial charge in [0, 0.05) is 10.4 Å². The first-order chi connectivity index (χ1) is 10.4. The summed E-state index contributed by atoms with van der Waals surface area (Å²) in [7, 11) is 0. The standard InChI is InChI=1S/C17H17ClO3S/c1-3-10(2)11-4-6-13(14(18)8-11)17(21)15-7-5-12(22-15)9-16(19)20/h4-8,10H,3,9H2,1-2H3,(H,19,20). The summed E-state index contributed by atoms with van der Waals surface area (Å²) >= 11 is 7.45. The lowest BCUT2D eigenvalue weighted by atomic mass is 9.96. The van der Waals surface area contributed by atoms with Crippen LogP contribution < -0.4 is 0 Å². The van der Waals surface area contributed by atoms with Gasteiger partial charge in [0.25, 0.3) is 0 Å². The number of hydrogen-bond donors (Lipinski definition) is 1. The minimum Gasteiger partial charge on any atom is -0.481 e. The smallest absolute Gasteiger partial charge is 0.308 e. The van der Waals surface area contributed by atoms with E-state index in [9.17, 15) is 9.59 Å². The molecular formula is C17H17ClO3S. The van der Waals surface area contributed by atoms with Gasteiger partial charge in [0.05, 0.1) is 16.3 Å². The minimum absolute atomic E-state index is 0.0708. The van der Waals surface area contributed by atoms with Crippen molar-refractivity contribution in [1.29, 1.82) is 0 Å². The molecule has 1 unspecified atom stereocenters. The van der Waals surface area contributed by atoms with Crippen molar-refractivity contribution in [3.63, 3.8) is 0 Å². The van der Waals surface area contributed by atoms with E-state index in [2.05, 4.69) is 13.8 Å². The number of carboxylic acid groups (broad SMARTS) is 1. The summed E-state index contributed by atoms with van der Waals surface area (Å²) in [6.45, 7) is 4.22. The maximum absolute atomic E-state index is 12.5. The number of ketones is 1. The molecule has 22 heavy (non-hydrogen) atoms. The van der Waals surface area contributed by atoms with Crippen LogP contribution in [0.1, 0.15) is 51.9 Å². The molecule has 1 heterocycles. The van der Waals surface area contributed by atoms with E-state index in [1.807, 2.05) is 12.1 Å². The first-order valence-corrected chi connectivity index (χ1v) is 8.26. The maximum atomic E-state index is 12.5. The molecule has 1 N–H and O–H groups in total. The molecule has 0 spiro atoms. The van der Waals surface area contributed by atoms with Crippen LogP contribution in [0.2, 0.25) is 5.02 Å². The third kappa shape index (κ3) is 3.76. The Balaban J connectivity index is 2.26. The van der Waals surface area contributed by atoms with Gasteiger partial charge in [-0.25, -0.2) is 0 Å². The van der Waals surface area contributed by atoms with E-state index in [0.717, 1.165) is 12.0 Å². The third-order valence-corrected chi connectivity index (χ3v) is 5.03. The molecule has 0 bridgehead atoms. The second-order valence-corrected chi connectivity index (χ2v) is 6.79. The molecule has 1 aromatic carbocycles. The molecule has 0 saturated carbocycles. The molecule has 3 nitrogen and oxygen atoms in total. The maximum Gasteiger partial charge on any atom is 0.308 e. The number of halogens is 1. The number of carboxylic acids is 1. The number of carbonyl (C=O) groups is 2. The average Bonchev–Trinajstić information content (AvgIpc) is 2.93. The normalized spacial score (nSPS) is 12.1. The zero-order chi connectivity index (χ0) is 16.3. The molecule has 0 amide bonds. The Bertz CT molecular complexity index is 706. The van der Waals surface area contributed by atoms with Gasteiger partial charge in [-0.1, -0.05) is 31.5 Å². The van der Waals surface area contributed by atoms with Gasteiger partial charge in [0.1, 0.15) is 0 Å². The minimum atomic E-state index is -0.906. The highest BCUT2D eigenvalue weighted by Gasteiger charge is 2.17. The first-order valence-electron chi connectivity index (χ1n) is 7.07. The van der Waals surface area contributed by atoms with Crippen molar-refractivity contribution in [3.8, 4) is 0 Å². The Morgan fingerprint density at radius 2 is 2.00 bits per heavy atom. The van der Waals surface area contributed by atoms with Gasteiger partial charge in [-0.3, -0.25) is 9.59 Å². The summed E-state index contributed by atoms with van der Waals surface area (Å²) in [4.78, 5) is 24.4. The summed E-state index contributed by atoms with van der Waals surface area (Å²) in [6.07, 6.45) is 0.936. The van der Waals surface area contributed by atoms with Crippen LogP contribution in [0.4, 0.5) is 0 Å². The number of carbonyl (C=O) groups excluding carboxylic acids is 1. The summed E-state index contributed by atoms with van der Waals surface area (Å²) < 4.78 is 0. The van der Waals surface area contributed by atoms with E-state index in [1.165, 1.54) is 11.3 Å². The Hall–Kier alpha value is -1.65. The Morgan fingerprint density at radius 1 is 1.27 bits per heavy atom. The number of thiophene rings is 1. The van der Waals surface area contributed by atoms with Crippen LogP contribution in [0.5, 0.6) is 0 Å². The largest absolute Gasteiger partial charge is 0.481 e. The fraction of sp³-hybridized carbons (Fsp3) is 0.294. The molecule has 0 saturated heterocycles. The Morgan fingerprint density at radius 3 is 2.59 bits per heavy atom. The van der Waals surface area contributed by atoms with Gasteiger partial charge in [-0.2, -0.15) is 0 Å². The number of hydrogen-bond acceptors (Lipinski definition) is 3. The van der Waals surface area contributed by atoms with Crippen LogP contribution in [0.3, 0.4) is 0 Å². The van der Waals surface area contributed by atoms with E-state index < -0.39 is 5.97 Å². The predicted molar refractivity (Wildman–Crippen MR) is 89.2 cm³/mol. The Kier molecular flexibility index (Phi) is 5.37. The molecule has 0 aliphatic heterocycles. The van der Waals surface area contributed by atoms with E-state index in [-0.39, 0.29) is 12.2 Å². The van der Waals surface area contributed by atoms with Crippen molar-refractivity contribution in [2.24, 2.45) is 0 Å². The lowest BCUT2D eigenvalue weighted by Crippen LogP contribution is -2.01. The molecule has 0 aliphatic rings. The highest BCUT2D eigenvalue weighted by molar-refractivity contribution is 7.14. The molecule has 1 atom stereocenters. The van der Waals surface area contributed by atoms with Crippen molar-refractivity contribution in [2.75, 3.05) is 0 Å². The molecule has 1 aromatic heterocycles. The zero-order valence-corrected chi connectivity index (χ0v) is 14.0. The van der Waals surface area contributed by atoms with Gasteiger partial charge in [-0.05, 0) is 42.2 Å². The molecular weight excluding hydrogens is 320 g/mol. The van der Waals surface area contributed by atoms with E-state index in [0.29, 0.717) is 26.3 Å². The average molecular weight is 337 g/mol. The SMILES string of the molecule is CCC(C)c1ccc(C(=O)c2ccc(CC(=O)O)s2)c(Cl)c1. The second kappa shape index (κ2) is 7.07. The van der Waals surface area contributed by atoms with Crippen LogP contribution in [0, 0.1) is 0 Å². The van der Waals surface area contributed by atoms with Crippen molar-refractivity contribution >= 4 is 34.7 Å². The lowest BCUT2D eigenvalue weighted by Gasteiger charge is -2.11. The molecule has 116 valence electrons. The van der Waals surface area contributed by atoms with Crippen molar-refractivity contribution in [3.05, 3.63) is 56.2 Å². The topological polar surface area (TPSA) is 54.4 Å². The molecule has 0 aliphatic carbocycles. The van der Waals surface area contributed by atoms with Crippen LogP contribution in [0.25, 0.3) is 0 Å². The summed E-state index contributed by atoms with van der Waals surface area (Å²) in [5.74, 6) is -0.676. The molecule has 5 heteroatoms. The first kappa shape index (κ1) is 16.7. The summed E-state index contributed by atoms with van der Waals surface area (Å²) in [5.41, 5.74) is 1.57. The monoisotopic (exact) mass is 336 g/mol. The van der Waals surface area contributed by atoms with Crippen molar-refractivity contribution in [2.45, 2.75) is 32.6 Å². The van der Waals surface area contributed by atoms with E-state index in [4.69, 9.17) is 16.7 Å².